The molecule has 1 N–H and O–H groups in total. The van der Waals surface area contributed by atoms with Crippen LogP contribution in [0, 0.1) is 13.8 Å². The maximum Gasteiger partial charge on any atom is 0.340 e. The molecule has 0 saturated heterocycles. The van der Waals surface area contributed by atoms with Gasteiger partial charge in [0, 0.05) is 46.2 Å². The molecule has 4 nitrogen and oxygen atoms in total. The molecule has 4 aromatic rings. The fourth-order valence-corrected chi connectivity index (χ4v) is 3.85. The summed E-state index contributed by atoms with van der Waals surface area (Å²) in [5.74, 6) is -0.303. The van der Waals surface area contributed by atoms with E-state index in [-0.39, 0.29) is 5.97 Å². The predicted molar refractivity (Wildman–Crippen MR) is 108 cm³/mol. The molecule has 0 amide bonds. The van der Waals surface area contributed by atoms with Gasteiger partial charge in [-0.15, -0.1) is 0 Å². The van der Waals surface area contributed by atoms with Crippen LogP contribution in [0.25, 0.3) is 22.0 Å². The van der Waals surface area contributed by atoms with E-state index >= 15 is 0 Å². The first-order valence-electron chi connectivity index (χ1n) is 9.00. The van der Waals surface area contributed by atoms with Crippen LogP contribution in [0.2, 0.25) is 0 Å². The van der Waals surface area contributed by atoms with E-state index in [0.29, 0.717) is 12.1 Å². The molecule has 2 aromatic heterocycles. The van der Waals surface area contributed by atoms with Gasteiger partial charge in [0.1, 0.15) is 0 Å². The molecule has 0 aliphatic rings. The number of rotatable bonds is 4. The van der Waals surface area contributed by atoms with Gasteiger partial charge in [0.15, 0.2) is 0 Å². The first-order valence-corrected chi connectivity index (χ1v) is 9.00. The van der Waals surface area contributed by atoms with Crippen molar-refractivity contribution >= 4 is 16.9 Å². The largest absolute Gasteiger partial charge is 0.465 e. The van der Waals surface area contributed by atoms with Crippen molar-refractivity contribution in [3.63, 3.8) is 0 Å². The second kappa shape index (κ2) is 6.80. The maximum atomic E-state index is 12.7. The lowest BCUT2D eigenvalue weighted by Gasteiger charge is -2.10. The van der Waals surface area contributed by atoms with E-state index in [9.17, 15) is 4.79 Å². The number of ether oxygens (including phenoxy) is 1. The average molecular weight is 358 g/mol. The minimum atomic E-state index is -0.303. The Bertz CT molecular complexity index is 1120. The van der Waals surface area contributed by atoms with E-state index in [1.54, 1.807) is 0 Å². The van der Waals surface area contributed by atoms with Crippen LogP contribution >= 0.6 is 0 Å². The average Bonchev–Trinajstić information content (AvgIpc) is 3.22. The molecule has 0 saturated carbocycles. The molecule has 27 heavy (non-hydrogen) atoms. The van der Waals surface area contributed by atoms with Crippen molar-refractivity contribution in [2.75, 3.05) is 7.11 Å². The summed E-state index contributed by atoms with van der Waals surface area (Å²) in [6.45, 7) is 4.77. The molecule has 2 heterocycles. The van der Waals surface area contributed by atoms with Crippen molar-refractivity contribution < 1.29 is 9.53 Å². The smallest absolute Gasteiger partial charge is 0.340 e. The van der Waals surface area contributed by atoms with Gasteiger partial charge in [0.05, 0.1) is 12.7 Å². The van der Waals surface area contributed by atoms with Crippen molar-refractivity contribution in [1.29, 1.82) is 0 Å². The summed E-state index contributed by atoms with van der Waals surface area (Å²) < 4.78 is 7.32. The van der Waals surface area contributed by atoms with Crippen molar-refractivity contribution in [2.24, 2.45) is 0 Å². The van der Waals surface area contributed by atoms with Crippen LogP contribution in [0.4, 0.5) is 0 Å². The first-order chi connectivity index (χ1) is 13.1. The van der Waals surface area contributed by atoms with Crippen molar-refractivity contribution in [1.82, 2.24) is 9.55 Å². The van der Waals surface area contributed by atoms with E-state index in [4.69, 9.17) is 4.74 Å². The molecule has 0 aliphatic carbocycles. The van der Waals surface area contributed by atoms with Crippen LogP contribution in [0.1, 0.15) is 27.3 Å². The number of fused-ring (bicyclic) bond motifs is 1. The zero-order chi connectivity index (χ0) is 19.0. The summed E-state index contributed by atoms with van der Waals surface area (Å²) in [6, 6.07) is 18.4. The number of nitrogens with one attached hydrogen (secondary N) is 1. The van der Waals surface area contributed by atoms with Gasteiger partial charge in [-0.05, 0) is 25.5 Å². The Hall–Kier alpha value is -3.27. The minimum Gasteiger partial charge on any atom is -0.465 e. The number of para-hydroxylation sites is 1. The second-order valence-electron chi connectivity index (χ2n) is 6.73. The summed E-state index contributed by atoms with van der Waals surface area (Å²) in [5, 5.41) is 1.10. The van der Waals surface area contributed by atoms with Crippen molar-refractivity contribution in [2.45, 2.75) is 20.4 Å². The SMILES string of the molecule is COC(=O)c1c(-c2c[nH]c3ccccc23)c(C)n(Cc2ccccc2)c1C. The molecule has 4 rings (SSSR count). The number of H-pyrrole nitrogens is 1. The third-order valence-electron chi connectivity index (χ3n) is 5.21. The summed E-state index contributed by atoms with van der Waals surface area (Å²) in [6.07, 6.45) is 1.98. The number of aromatic nitrogens is 2. The van der Waals surface area contributed by atoms with E-state index in [1.165, 1.54) is 12.7 Å². The molecule has 0 spiro atoms. The normalized spacial score (nSPS) is 11.1. The quantitative estimate of drug-likeness (QED) is 0.517. The van der Waals surface area contributed by atoms with Gasteiger partial charge in [-0.1, -0.05) is 48.5 Å². The molecule has 0 bridgehead atoms. The van der Waals surface area contributed by atoms with Crippen LogP contribution in [-0.4, -0.2) is 22.6 Å². The fourth-order valence-electron chi connectivity index (χ4n) is 3.85. The summed E-state index contributed by atoms with van der Waals surface area (Å²) >= 11 is 0. The maximum absolute atomic E-state index is 12.7. The zero-order valence-corrected chi connectivity index (χ0v) is 15.7. The fraction of sp³-hybridized carbons (Fsp3) is 0.174. The molecule has 4 heteroatoms. The highest BCUT2D eigenvalue weighted by atomic mass is 16.5. The zero-order valence-electron chi connectivity index (χ0n) is 15.7. The van der Waals surface area contributed by atoms with E-state index < -0.39 is 0 Å². The molecule has 0 unspecified atom stereocenters. The molecule has 0 radical (unpaired) electrons. The molecule has 0 aliphatic heterocycles. The Morgan fingerprint density at radius 1 is 1.00 bits per heavy atom. The van der Waals surface area contributed by atoms with E-state index in [0.717, 1.165) is 33.4 Å². The number of carbonyl (C=O) groups is 1. The lowest BCUT2D eigenvalue weighted by atomic mass is 10.00. The van der Waals surface area contributed by atoms with Crippen LogP contribution in [0.15, 0.2) is 60.8 Å². The number of aromatic amines is 1. The highest BCUT2D eigenvalue weighted by molar-refractivity contribution is 6.05. The molecule has 136 valence electrons. The summed E-state index contributed by atoms with van der Waals surface area (Å²) in [7, 11) is 1.44. The van der Waals surface area contributed by atoms with Crippen LogP contribution in [0.5, 0.6) is 0 Å². The van der Waals surface area contributed by atoms with Gasteiger partial charge in [-0.25, -0.2) is 4.79 Å². The van der Waals surface area contributed by atoms with Crippen LogP contribution in [0.3, 0.4) is 0 Å². The molecule has 2 aromatic carbocycles. The molecule has 0 fully saturated rings. The minimum absolute atomic E-state index is 0.303. The van der Waals surface area contributed by atoms with Gasteiger partial charge in [-0.2, -0.15) is 0 Å². The Kier molecular flexibility index (Phi) is 4.32. The van der Waals surface area contributed by atoms with Gasteiger partial charge in [-0.3, -0.25) is 0 Å². The van der Waals surface area contributed by atoms with Crippen molar-refractivity contribution in [3.8, 4) is 11.1 Å². The number of esters is 1. The summed E-state index contributed by atoms with van der Waals surface area (Å²) in [4.78, 5) is 16.0. The van der Waals surface area contributed by atoms with Gasteiger partial charge >= 0.3 is 5.97 Å². The number of nitrogens with zero attached hydrogens (tertiary/aromatic N) is 1. The second-order valence-corrected chi connectivity index (χ2v) is 6.73. The highest BCUT2D eigenvalue weighted by Gasteiger charge is 2.26. The third kappa shape index (κ3) is 2.83. The van der Waals surface area contributed by atoms with Gasteiger partial charge in [0.2, 0.25) is 0 Å². The Morgan fingerprint density at radius 2 is 1.70 bits per heavy atom. The monoisotopic (exact) mass is 358 g/mol. The van der Waals surface area contributed by atoms with E-state index in [2.05, 4.69) is 34.7 Å². The van der Waals surface area contributed by atoms with Crippen molar-refractivity contribution in [3.05, 3.63) is 83.3 Å². The number of benzene rings is 2. The summed E-state index contributed by atoms with van der Waals surface area (Å²) in [5.41, 5.74) is 6.82. The number of hydrogen-bond acceptors (Lipinski definition) is 2. The number of carbonyl (C=O) groups excluding carboxylic acids is 1. The first kappa shape index (κ1) is 17.2. The lowest BCUT2D eigenvalue weighted by Crippen LogP contribution is -2.07. The van der Waals surface area contributed by atoms with Crippen LogP contribution in [-0.2, 0) is 11.3 Å². The van der Waals surface area contributed by atoms with Crippen LogP contribution < -0.4 is 0 Å². The molecular formula is C23H22N2O2. The molecule has 0 atom stereocenters. The number of hydrogen-bond donors (Lipinski definition) is 1. The molecular weight excluding hydrogens is 336 g/mol. The van der Waals surface area contributed by atoms with Gasteiger partial charge in [0.25, 0.3) is 0 Å². The Labute approximate surface area is 158 Å². The predicted octanol–water partition coefficient (Wildman–Crippen LogP) is 5.09. The van der Waals surface area contributed by atoms with Gasteiger partial charge < -0.3 is 14.3 Å². The third-order valence-corrected chi connectivity index (χ3v) is 5.21. The van der Waals surface area contributed by atoms with E-state index in [1.807, 2.05) is 49.5 Å². The topological polar surface area (TPSA) is 47.0 Å². The standard InChI is InChI=1S/C23H22N2O2/c1-15-21(19-13-24-20-12-8-7-11-18(19)20)22(23(26)27-3)16(2)25(15)14-17-9-5-4-6-10-17/h4-13,24H,14H2,1-3H3. The number of methoxy groups -OCH3 is 1. The Morgan fingerprint density at radius 3 is 2.44 bits per heavy atom. The highest BCUT2D eigenvalue weighted by Crippen LogP contribution is 2.37. The lowest BCUT2D eigenvalue weighted by molar-refractivity contribution is 0.0600. The Balaban J connectivity index is 1.95.